The average molecular weight is 487 g/mol. The Morgan fingerprint density at radius 3 is 2.55 bits per heavy atom. The summed E-state index contributed by atoms with van der Waals surface area (Å²) < 4.78 is 29.7. The minimum atomic E-state index is -2.22. The number of methoxy groups -OCH3 is 2. The van der Waals surface area contributed by atoms with E-state index in [1.807, 2.05) is 0 Å². The highest BCUT2D eigenvalue weighted by atomic mass is 79.9. The zero-order valence-electron chi connectivity index (χ0n) is 15.2. The molecule has 0 unspecified atom stereocenters. The molecule has 0 aliphatic carbocycles. The van der Waals surface area contributed by atoms with Crippen LogP contribution in [-0.4, -0.2) is 37.8 Å². The fourth-order valence-electron chi connectivity index (χ4n) is 2.97. The molecule has 0 saturated carbocycles. The monoisotopic (exact) mass is 485 g/mol. The lowest BCUT2D eigenvalue weighted by Crippen LogP contribution is -2.65. The fourth-order valence-corrected chi connectivity index (χ4v) is 3.50. The predicted molar refractivity (Wildman–Crippen MR) is 104 cm³/mol. The van der Waals surface area contributed by atoms with Gasteiger partial charge >= 0.3 is 11.9 Å². The standard InChI is InChI=1S/C19H14BrClFNO6/c1-27-16(24)9-19(18(26)28-2)23(11-4-5-14(22)13(21)8-11)17(25)12-7-10(20)3-6-15(12)29-19/h3-8H,9H2,1-2H3/t19-/m0/s1. The number of carbonyl (C=O) groups is 3. The molecule has 152 valence electrons. The van der Waals surface area contributed by atoms with Crippen LogP contribution in [0.2, 0.25) is 5.02 Å². The number of nitrogens with zero attached hydrogens (tertiary/aromatic N) is 1. The molecular weight excluding hydrogens is 473 g/mol. The highest BCUT2D eigenvalue weighted by molar-refractivity contribution is 9.10. The largest absolute Gasteiger partial charge is 0.469 e. The molecule has 0 aromatic heterocycles. The van der Waals surface area contributed by atoms with Crippen LogP contribution in [0.15, 0.2) is 40.9 Å². The van der Waals surface area contributed by atoms with Crippen molar-refractivity contribution in [3.05, 3.63) is 57.3 Å². The van der Waals surface area contributed by atoms with E-state index in [1.54, 1.807) is 6.07 Å². The second-order valence-corrected chi connectivity index (χ2v) is 7.33. The molecule has 10 heteroatoms. The van der Waals surface area contributed by atoms with Crippen LogP contribution in [-0.2, 0) is 19.1 Å². The van der Waals surface area contributed by atoms with Gasteiger partial charge in [-0.3, -0.25) is 14.5 Å². The van der Waals surface area contributed by atoms with Crippen molar-refractivity contribution in [1.29, 1.82) is 0 Å². The summed E-state index contributed by atoms with van der Waals surface area (Å²) in [6.45, 7) is 0. The van der Waals surface area contributed by atoms with Crippen LogP contribution in [0.1, 0.15) is 16.8 Å². The first-order valence-electron chi connectivity index (χ1n) is 8.17. The molecule has 3 rings (SSSR count). The van der Waals surface area contributed by atoms with Crippen LogP contribution in [0, 0.1) is 5.82 Å². The number of hydrogen-bond donors (Lipinski definition) is 0. The van der Waals surface area contributed by atoms with Crippen molar-refractivity contribution in [3.63, 3.8) is 0 Å². The molecule has 1 heterocycles. The summed E-state index contributed by atoms with van der Waals surface area (Å²) in [5.41, 5.74) is -2.08. The van der Waals surface area contributed by atoms with E-state index in [0.29, 0.717) is 4.47 Å². The molecule has 0 fully saturated rings. The van der Waals surface area contributed by atoms with E-state index < -0.39 is 35.8 Å². The third-order valence-corrected chi connectivity index (χ3v) is 5.08. The predicted octanol–water partition coefficient (Wildman–Crippen LogP) is 3.71. The smallest absolute Gasteiger partial charge is 0.373 e. The Balaban J connectivity index is 2.29. The van der Waals surface area contributed by atoms with Crippen molar-refractivity contribution in [2.75, 3.05) is 19.1 Å². The maximum Gasteiger partial charge on any atom is 0.373 e. The lowest BCUT2D eigenvalue weighted by molar-refractivity contribution is -0.166. The summed E-state index contributed by atoms with van der Waals surface area (Å²) in [5, 5.41) is -0.285. The maximum absolute atomic E-state index is 13.7. The SMILES string of the molecule is COC(=O)C[C@@]1(C(=O)OC)Oc2ccc(Br)cc2C(=O)N1c1ccc(F)c(Cl)c1. The van der Waals surface area contributed by atoms with Gasteiger partial charge in [-0.15, -0.1) is 0 Å². The minimum Gasteiger partial charge on any atom is -0.469 e. The molecule has 1 amide bonds. The number of hydrogen-bond acceptors (Lipinski definition) is 6. The molecule has 0 spiro atoms. The molecule has 0 bridgehead atoms. The van der Waals surface area contributed by atoms with Crippen LogP contribution in [0.3, 0.4) is 0 Å². The highest BCUT2D eigenvalue weighted by Gasteiger charge is 2.56. The van der Waals surface area contributed by atoms with Gasteiger partial charge in [0.2, 0.25) is 0 Å². The first kappa shape index (κ1) is 21.1. The molecule has 7 nitrogen and oxygen atoms in total. The first-order valence-corrected chi connectivity index (χ1v) is 9.34. The number of fused-ring (bicyclic) bond motifs is 1. The van der Waals surface area contributed by atoms with E-state index in [2.05, 4.69) is 20.7 Å². The number of rotatable bonds is 4. The van der Waals surface area contributed by atoms with Gasteiger partial charge < -0.3 is 14.2 Å². The van der Waals surface area contributed by atoms with Crippen molar-refractivity contribution < 1.29 is 33.0 Å². The number of esters is 2. The lowest BCUT2D eigenvalue weighted by atomic mass is 9.99. The summed E-state index contributed by atoms with van der Waals surface area (Å²) in [5.74, 6) is -3.19. The maximum atomic E-state index is 13.7. The third-order valence-electron chi connectivity index (χ3n) is 4.29. The number of amides is 1. The first-order chi connectivity index (χ1) is 13.7. The molecule has 0 radical (unpaired) electrons. The molecule has 1 aliphatic rings. The van der Waals surface area contributed by atoms with Crippen LogP contribution < -0.4 is 9.64 Å². The summed E-state index contributed by atoms with van der Waals surface area (Å²) in [4.78, 5) is 39.3. The quantitative estimate of drug-likeness (QED) is 0.613. The van der Waals surface area contributed by atoms with Gasteiger partial charge in [0, 0.05) is 4.47 Å². The van der Waals surface area contributed by atoms with Gasteiger partial charge in [0.1, 0.15) is 18.0 Å². The second kappa shape index (κ2) is 8.00. The van der Waals surface area contributed by atoms with Crippen molar-refractivity contribution in [2.24, 2.45) is 0 Å². The molecular formula is C19H14BrClFNO6. The van der Waals surface area contributed by atoms with Crippen LogP contribution in [0.25, 0.3) is 0 Å². The van der Waals surface area contributed by atoms with E-state index in [4.69, 9.17) is 21.1 Å². The molecule has 1 aliphatic heterocycles. The molecule has 1 atom stereocenters. The minimum absolute atomic E-state index is 0.0290. The summed E-state index contributed by atoms with van der Waals surface area (Å²) >= 11 is 9.15. The summed E-state index contributed by atoms with van der Waals surface area (Å²) in [6.07, 6.45) is -0.674. The number of ether oxygens (including phenoxy) is 3. The summed E-state index contributed by atoms with van der Waals surface area (Å²) in [7, 11) is 2.21. The van der Waals surface area contributed by atoms with Crippen molar-refractivity contribution in [2.45, 2.75) is 12.1 Å². The topological polar surface area (TPSA) is 82.1 Å². The zero-order chi connectivity index (χ0) is 21.3. The Morgan fingerprint density at radius 1 is 1.21 bits per heavy atom. The molecule has 2 aromatic rings. The number of anilines is 1. The normalized spacial score (nSPS) is 18.0. The van der Waals surface area contributed by atoms with E-state index >= 15 is 0 Å². The van der Waals surface area contributed by atoms with Crippen molar-refractivity contribution >= 4 is 51.1 Å². The van der Waals surface area contributed by atoms with Gasteiger partial charge in [-0.25, -0.2) is 9.18 Å². The van der Waals surface area contributed by atoms with E-state index in [9.17, 15) is 18.8 Å². The lowest BCUT2D eigenvalue weighted by Gasteiger charge is -2.44. The summed E-state index contributed by atoms with van der Waals surface area (Å²) in [6, 6.07) is 7.99. The van der Waals surface area contributed by atoms with E-state index in [0.717, 1.165) is 31.3 Å². The Labute approximate surface area is 178 Å². The van der Waals surface area contributed by atoms with Crippen LogP contribution >= 0.6 is 27.5 Å². The molecule has 0 saturated heterocycles. The Kier molecular flexibility index (Phi) is 5.81. The van der Waals surface area contributed by atoms with Gasteiger partial charge in [-0.05, 0) is 36.4 Å². The number of benzene rings is 2. The van der Waals surface area contributed by atoms with Gasteiger partial charge in [-0.1, -0.05) is 27.5 Å². The zero-order valence-corrected chi connectivity index (χ0v) is 17.5. The van der Waals surface area contributed by atoms with Gasteiger partial charge in [0.05, 0.1) is 30.5 Å². The molecule has 2 aromatic carbocycles. The molecule has 29 heavy (non-hydrogen) atoms. The van der Waals surface area contributed by atoms with Crippen LogP contribution in [0.4, 0.5) is 10.1 Å². The number of carbonyl (C=O) groups excluding carboxylic acids is 3. The van der Waals surface area contributed by atoms with Gasteiger partial charge in [0.25, 0.3) is 11.6 Å². The Bertz CT molecular complexity index is 1020. The second-order valence-electron chi connectivity index (χ2n) is 6.01. The number of halogens is 3. The van der Waals surface area contributed by atoms with E-state index in [-0.39, 0.29) is 22.0 Å². The van der Waals surface area contributed by atoms with E-state index in [1.165, 1.54) is 18.2 Å². The Hall–Kier alpha value is -2.65. The Morgan fingerprint density at radius 2 is 1.93 bits per heavy atom. The van der Waals surface area contributed by atoms with Gasteiger partial charge in [-0.2, -0.15) is 0 Å². The highest BCUT2D eigenvalue weighted by Crippen LogP contribution is 2.41. The van der Waals surface area contributed by atoms with Crippen molar-refractivity contribution in [1.82, 2.24) is 0 Å². The van der Waals surface area contributed by atoms with Crippen molar-refractivity contribution in [3.8, 4) is 5.75 Å². The van der Waals surface area contributed by atoms with Crippen LogP contribution in [0.5, 0.6) is 5.75 Å². The van der Waals surface area contributed by atoms with Gasteiger partial charge in [0.15, 0.2) is 0 Å². The molecule has 0 N–H and O–H groups in total. The third kappa shape index (κ3) is 3.67. The average Bonchev–Trinajstić information content (AvgIpc) is 2.70. The fraction of sp³-hybridized carbons (Fsp3) is 0.211.